The van der Waals surface area contributed by atoms with Crippen molar-refractivity contribution in [2.24, 2.45) is 5.92 Å². The van der Waals surface area contributed by atoms with Gasteiger partial charge in [-0.25, -0.2) is 9.18 Å². The summed E-state index contributed by atoms with van der Waals surface area (Å²) < 4.78 is 20.9. The van der Waals surface area contributed by atoms with Crippen molar-refractivity contribution < 1.29 is 19.0 Å². The average molecular weight is 284 g/mol. The zero-order valence-electron chi connectivity index (χ0n) is 10.6. The molecule has 1 aliphatic rings. The van der Waals surface area contributed by atoms with Crippen molar-refractivity contribution in [1.29, 1.82) is 0 Å². The fourth-order valence-corrected chi connectivity index (χ4v) is 2.26. The molecule has 0 radical (unpaired) electrons. The SMILES string of the molecule is C=C1O[C@@H](n2ccc(=O)[nH]c2=O)[C@](C)(F)[C@@H]1CC(=O)O. The van der Waals surface area contributed by atoms with E-state index in [1.165, 1.54) is 0 Å². The van der Waals surface area contributed by atoms with E-state index >= 15 is 0 Å². The van der Waals surface area contributed by atoms with Crippen LogP contribution in [0.15, 0.2) is 34.2 Å². The van der Waals surface area contributed by atoms with Crippen molar-refractivity contribution in [2.75, 3.05) is 0 Å². The molecule has 0 aliphatic carbocycles. The third kappa shape index (κ3) is 2.24. The Morgan fingerprint density at radius 3 is 2.85 bits per heavy atom. The van der Waals surface area contributed by atoms with Crippen LogP contribution in [0.3, 0.4) is 0 Å². The summed E-state index contributed by atoms with van der Waals surface area (Å²) in [6, 6.07) is 1.05. The Kier molecular flexibility index (Phi) is 3.24. The second kappa shape index (κ2) is 4.62. The Bertz CT molecular complexity index is 675. The Hall–Kier alpha value is -2.38. The number of alkyl halides is 1. The summed E-state index contributed by atoms with van der Waals surface area (Å²) in [5.41, 5.74) is -3.60. The monoisotopic (exact) mass is 284 g/mol. The average Bonchev–Trinajstić information content (AvgIpc) is 2.52. The summed E-state index contributed by atoms with van der Waals surface area (Å²) in [5.74, 6) is -2.32. The van der Waals surface area contributed by atoms with Gasteiger partial charge in [-0.3, -0.25) is 19.1 Å². The molecule has 1 fully saturated rings. The van der Waals surface area contributed by atoms with Gasteiger partial charge in [0.2, 0.25) is 6.23 Å². The zero-order chi connectivity index (χ0) is 15.1. The van der Waals surface area contributed by atoms with Crippen LogP contribution in [-0.4, -0.2) is 26.3 Å². The molecule has 0 spiro atoms. The Labute approximate surface area is 112 Å². The summed E-state index contributed by atoms with van der Waals surface area (Å²) in [6.45, 7) is 4.63. The molecule has 7 nitrogen and oxygen atoms in total. The van der Waals surface area contributed by atoms with Crippen molar-refractivity contribution in [3.8, 4) is 0 Å². The van der Waals surface area contributed by atoms with Crippen LogP contribution in [0.2, 0.25) is 0 Å². The molecule has 20 heavy (non-hydrogen) atoms. The minimum absolute atomic E-state index is 0.0412. The maximum absolute atomic E-state index is 14.8. The lowest BCUT2D eigenvalue weighted by Crippen LogP contribution is -2.41. The van der Waals surface area contributed by atoms with Gasteiger partial charge in [0.05, 0.1) is 18.1 Å². The zero-order valence-corrected chi connectivity index (χ0v) is 10.6. The molecule has 0 unspecified atom stereocenters. The number of carboxylic acids is 1. The quantitative estimate of drug-likeness (QED) is 0.836. The van der Waals surface area contributed by atoms with Gasteiger partial charge in [-0.05, 0) is 6.92 Å². The Morgan fingerprint density at radius 1 is 1.65 bits per heavy atom. The molecule has 1 aliphatic heterocycles. The van der Waals surface area contributed by atoms with Crippen LogP contribution >= 0.6 is 0 Å². The largest absolute Gasteiger partial charge is 0.481 e. The fraction of sp³-hybridized carbons (Fsp3) is 0.417. The summed E-state index contributed by atoms with van der Waals surface area (Å²) in [7, 11) is 0. The number of allylic oxidation sites excluding steroid dienone is 1. The number of hydrogen-bond acceptors (Lipinski definition) is 4. The molecular formula is C12H13FN2O5. The molecule has 2 N–H and O–H groups in total. The molecule has 3 atom stereocenters. The van der Waals surface area contributed by atoms with E-state index in [1.807, 2.05) is 4.98 Å². The van der Waals surface area contributed by atoms with Crippen LogP contribution in [0.4, 0.5) is 4.39 Å². The van der Waals surface area contributed by atoms with E-state index in [-0.39, 0.29) is 5.76 Å². The Balaban J connectivity index is 2.44. The van der Waals surface area contributed by atoms with Gasteiger partial charge in [0, 0.05) is 12.3 Å². The number of carbonyl (C=O) groups is 1. The smallest absolute Gasteiger partial charge is 0.331 e. The predicted octanol–water partition coefficient (Wildman–Crippen LogP) is 0.398. The summed E-state index contributed by atoms with van der Waals surface area (Å²) in [4.78, 5) is 35.4. The van der Waals surface area contributed by atoms with E-state index in [0.29, 0.717) is 0 Å². The normalized spacial score (nSPS) is 29.2. The molecule has 1 aromatic rings. The number of aromatic amines is 1. The highest BCUT2D eigenvalue weighted by Crippen LogP contribution is 2.47. The lowest BCUT2D eigenvalue weighted by Gasteiger charge is -2.25. The fourth-order valence-electron chi connectivity index (χ4n) is 2.26. The van der Waals surface area contributed by atoms with Crippen molar-refractivity contribution >= 4 is 5.97 Å². The highest BCUT2D eigenvalue weighted by molar-refractivity contribution is 5.67. The van der Waals surface area contributed by atoms with Crippen molar-refractivity contribution in [3.05, 3.63) is 45.4 Å². The number of carboxylic acid groups (broad SMARTS) is 1. The molecular weight excluding hydrogens is 271 g/mol. The minimum Gasteiger partial charge on any atom is -0.481 e. The standard InChI is InChI=1S/C12H13FN2O5/c1-6-7(5-9(17)18)12(2,13)10(20-6)15-4-3-8(16)14-11(15)19/h3-4,7,10H,1,5H2,2H3,(H,17,18)(H,14,16,19)/t7-,10-,12-/m1/s1. The molecule has 2 heterocycles. The molecule has 0 saturated carbocycles. The number of halogens is 1. The van der Waals surface area contributed by atoms with Crippen molar-refractivity contribution in [2.45, 2.75) is 25.2 Å². The molecule has 1 saturated heterocycles. The van der Waals surface area contributed by atoms with E-state index in [2.05, 4.69) is 6.58 Å². The van der Waals surface area contributed by atoms with Gasteiger partial charge in [0.1, 0.15) is 0 Å². The number of ether oxygens (including phenoxy) is 1. The van der Waals surface area contributed by atoms with Crippen LogP contribution < -0.4 is 11.2 Å². The predicted molar refractivity (Wildman–Crippen MR) is 65.8 cm³/mol. The Morgan fingerprint density at radius 2 is 2.30 bits per heavy atom. The van der Waals surface area contributed by atoms with Crippen LogP contribution in [0, 0.1) is 5.92 Å². The second-order valence-electron chi connectivity index (χ2n) is 4.76. The number of aromatic nitrogens is 2. The third-order valence-corrected chi connectivity index (χ3v) is 3.30. The third-order valence-electron chi connectivity index (χ3n) is 3.30. The first-order valence-corrected chi connectivity index (χ1v) is 5.81. The molecule has 1 aromatic heterocycles. The van der Waals surface area contributed by atoms with Gasteiger partial charge in [0.25, 0.3) is 5.56 Å². The van der Waals surface area contributed by atoms with E-state index in [9.17, 15) is 18.8 Å². The maximum atomic E-state index is 14.8. The highest BCUT2D eigenvalue weighted by atomic mass is 19.1. The number of rotatable bonds is 3. The van der Waals surface area contributed by atoms with Crippen LogP contribution in [0.5, 0.6) is 0 Å². The molecule has 8 heteroatoms. The van der Waals surface area contributed by atoms with E-state index < -0.39 is 41.5 Å². The first-order valence-electron chi connectivity index (χ1n) is 5.81. The lowest BCUT2D eigenvalue weighted by atomic mass is 9.88. The molecule has 0 bridgehead atoms. The number of aliphatic carboxylic acids is 1. The molecule has 108 valence electrons. The van der Waals surface area contributed by atoms with Gasteiger partial charge in [0.15, 0.2) is 5.67 Å². The van der Waals surface area contributed by atoms with Crippen molar-refractivity contribution in [1.82, 2.24) is 9.55 Å². The maximum Gasteiger partial charge on any atom is 0.331 e. The summed E-state index contributed by atoms with van der Waals surface area (Å²) in [6.07, 6.45) is -0.774. The molecule has 2 rings (SSSR count). The van der Waals surface area contributed by atoms with Gasteiger partial charge in [-0.2, -0.15) is 0 Å². The number of hydrogen-bond donors (Lipinski definition) is 2. The van der Waals surface area contributed by atoms with Crippen LogP contribution in [0.25, 0.3) is 0 Å². The van der Waals surface area contributed by atoms with Crippen LogP contribution in [-0.2, 0) is 9.53 Å². The van der Waals surface area contributed by atoms with Gasteiger partial charge >= 0.3 is 11.7 Å². The second-order valence-corrected chi connectivity index (χ2v) is 4.76. The summed E-state index contributed by atoms with van der Waals surface area (Å²) >= 11 is 0. The number of nitrogens with zero attached hydrogens (tertiary/aromatic N) is 1. The lowest BCUT2D eigenvalue weighted by molar-refractivity contribution is -0.139. The van der Waals surface area contributed by atoms with Gasteiger partial charge in [-0.1, -0.05) is 6.58 Å². The van der Waals surface area contributed by atoms with E-state index in [1.54, 1.807) is 0 Å². The summed E-state index contributed by atoms with van der Waals surface area (Å²) in [5, 5.41) is 8.79. The molecule has 0 amide bonds. The topological polar surface area (TPSA) is 101 Å². The van der Waals surface area contributed by atoms with E-state index in [4.69, 9.17) is 9.84 Å². The van der Waals surface area contributed by atoms with Gasteiger partial charge in [-0.15, -0.1) is 0 Å². The van der Waals surface area contributed by atoms with Crippen LogP contribution in [0.1, 0.15) is 19.6 Å². The molecule has 0 aromatic carbocycles. The first-order chi connectivity index (χ1) is 9.23. The van der Waals surface area contributed by atoms with E-state index in [0.717, 1.165) is 23.8 Å². The van der Waals surface area contributed by atoms with Gasteiger partial charge < -0.3 is 9.84 Å². The van der Waals surface area contributed by atoms with Crippen molar-refractivity contribution in [3.63, 3.8) is 0 Å². The number of nitrogens with one attached hydrogen (secondary N) is 1. The number of H-pyrrole nitrogens is 1. The highest BCUT2D eigenvalue weighted by Gasteiger charge is 2.54. The minimum atomic E-state index is -2.14. The first kappa shape index (κ1) is 14.0.